The zero-order chi connectivity index (χ0) is 20.8. The van der Waals surface area contributed by atoms with Crippen molar-refractivity contribution in [1.29, 1.82) is 0 Å². The van der Waals surface area contributed by atoms with Gasteiger partial charge in [-0.15, -0.1) is 0 Å². The number of rotatable bonds is 8. The van der Waals surface area contributed by atoms with Gasteiger partial charge in [-0.1, -0.05) is 59.7 Å². The number of esters is 1. The van der Waals surface area contributed by atoms with Crippen molar-refractivity contribution in [2.45, 2.75) is 40.2 Å². The van der Waals surface area contributed by atoms with Crippen LogP contribution in [0.3, 0.4) is 0 Å². The van der Waals surface area contributed by atoms with Crippen LogP contribution in [0.4, 0.5) is 0 Å². The molecule has 1 aromatic heterocycles. The average Bonchev–Trinajstić information content (AvgIpc) is 3.11. The molecule has 0 saturated heterocycles. The molecule has 0 N–H and O–H groups in total. The van der Waals surface area contributed by atoms with Gasteiger partial charge in [-0.2, -0.15) is 5.10 Å². The van der Waals surface area contributed by atoms with E-state index in [-0.39, 0.29) is 18.9 Å². The first-order valence-electron chi connectivity index (χ1n) is 9.85. The van der Waals surface area contributed by atoms with E-state index >= 15 is 0 Å². The zero-order valence-corrected chi connectivity index (χ0v) is 17.1. The lowest BCUT2D eigenvalue weighted by Gasteiger charge is -2.07. The van der Waals surface area contributed by atoms with Crippen molar-refractivity contribution in [3.8, 4) is 11.3 Å². The third kappa shape index (κ3) is 5.41. The van der Waals surface area contributed by atoms with Gasteiger partial charge in [0.05, 0.1) is 12.3 Å². The Morgan fingerprint density at radius 2 is 1.76 bits per heavy atom. The van der Waals surface area contributed by atoms with Crippen LogP contribution in [0.2, 0.25) is 0 Å². The summed E-state index contributed by atoms with van der Waals surface area (Å²) < 4.78 is 6.61. The minimum absolute atomic E-state index is 0.0237. The SMILES string of the molecule is CCOC(=O)c1cc(-c2ccc(C)cc2)nn1CC(=O)CCc1cccc(C)c1. The number of ketones is 1. The number of benzene rings is 2. The summed E-state index contributed by atoms with van der Waals surface area (Å²) in [7, 11) is 0. The van der Waals surface area contributed by atoms with Crippen LogP contribution in [0.15, 0.2) is 54.6 Å². The van der Waals surface area contributed by atoms with E-state index < -0.39 is 5.97 Å². The van der Waals surface area contributed by atoms with Crippen molar-refractivity contribution in [3.63, 3.8) is 0 Å². The number of carbonyl (C=O) groups excluding carboxylic acids is 2. The second kappa shape index (κ2) is 9.32. The molecule has 5 heteroatoms. The Morgan fingerprint density at radius 3 is 2.45 bits per heavy atom. The second-order valence-electron chi connectivity index (χ2n) is 7.19. The Kier molecular flexibility index (Phi) is 6.60. The van der Waals surface area contributed by atoms with E-state index in [0.717, 1.165) is 16.7 Å². The molecular formula is C24H26N2O3. The van der Waals surface area contributed by atoms with E-state index in [0.29, 0.717) is 24.2 Å². The van der Waals surface area contributed by atoms with Crippen LogP contribution in [-0.4, -0.2) is 28.1 Å². The van der Waals surface area contributed by atoms with Gasteiger partial charge in [0.2, 0.25) is 0 Å². The highest BCUT2D eigenvalue weighted by Crippen LogP contribution is 2.21. The van der Waals surface area contributed by atoms with Crippen molar-refractivity contribution in [2.24, 2.45) is 0 Å². The highest BCUT2D eigenvalue weighted by atomic mass is 16.5. The van der Waals surface area contributed by atoms with Crippen LogP contribution in [0.25, 0.3) is 11.3 Å². The fraction of sp³-hybridized carbons (Fsp3) is 0.292. The average molecular weight is 390 g/mol. The molecule has 3 aromatic rings. The predicted octanol–water partition coefficient (Wildman–Crippen LogP) is 4.55. The van der Waals surface area contributed by atoms with Crippen LogP contribution in [0.1, 0.15) is 40.5 Å². The summed E-state index contributed by atoms with van der Waals surface area (Å²) >= 11 is 0. The molecule has 0 radical (unpaired) electrons. The van der Waals surface area contributed by atoms with E-state index in [1.807, 2.05) is 56.3 Å². The highest BCUT2D eigenvalue weighted by Gasteiger charge is 2.19. The number of ether oxygens (including phenoxy) is 1. The molecule has 5 nitrogen and oxygen atoms in total. The molecule has 2 aromatic carbocycles. The van der Waals surface area contributed by atoms with Gasteiger partial charge in [0.25, 0.3) is 0 Å². The lowest BCUT2D eigenvalue weighted by Crippen LogP contribution is -2.18. The molecule has 29 heavy (non-hydrogen) atoms. The normalized spacial score (nSPS) is 10.7. The van der Waals surface area contributed by atoms with E-state index in [4.69, 9.17) is 4.74 Å². The maximum Gasteiger partial charge on any atom is 0.356 e. The molecule has 0 atom stereocenters. The van der Waals surface area contributed by atoms with E-state index in [1.54, 1.807) is 13.0 Å². The van der Waals surface area contributed by atoms with Gasteiger partial charge in [0.1, 0.15) is 12.2 Å². The number of aryl methyl sites for hydroxylation is 3. The maximum atomic E-state index is 12.6. The summed E-state index contributed by atoms with van der Waals surface area (Å²) in [5, 5.41) is 4.52. The second-order valence-corrected chi connectivity index (χ2v) is 7.19. The number of Topliss-reactive ketones (excluding diaryl/α,β-unsaturated/α-hetero) is 1. The molecule has 3 rings (SSSR count). The van der Waals surface area contributed by atoms with Crippen molar-refractivity contribution in [3.05, 3.63) is 77.0 Å². The molecule has 0 amide bonds. The van der Waals surface area contributed by atoms with Gasteiger partial charge in [0, 0.05) is 12.0 Å². The minimum atomic E-state index is -0.468. The third-order valence-electron chi connectivity index (χ3n) is 4.71. The lowest BCUT2D eigenvalue weighted by molar-refractivity contribution is -0.119. The topological polar surface area (TPSA) is 61.2 Å². The van der Waals surface area contributed by atoms with E-state index in [2.05, 4.69) is 11.2 Å². The lowest BCUT2D eigenvalue weighted by atomic mass is 10.1. The zero-order valence-electron chi connectivity index (χ0n) is 17.1. The van der Waals surface area contributed by atoms with Gasteiger partial charge in [-0.3, -0.25) is 9.48 Å². The first-order valence-corrected chi connectivity index (χ1v) is 9.85. The van der Waals surface area contributed by atoms with Gasteiger partial charge in [-0.05, 0) is 38.8 Å². The third-order valence-corrected chi connectivity index (χ3v) is 4.71. The van der Waals surface area contributed by atoms with Crippen LogP contribution < -0.4 is 0 Å². The molecule has 150 valence electrons. The molecule has 0 saturated carbocycles. The first kappa shape index (κ1) is 20.5. The van der Waals surface area contributed by atoms with Crippen molar-refractivity contribution < 1.29 is 14.3 Å². The molecule has 1 heterocycles. The molecule has 0 aliphatic heterocycles. The number of nitrogens with zero attached hydrogens (tertiary/aromatic N) is 2. The quantitative estimate of drug-likeness (QED) is 0.530. The number of hydrogen-bond donors (Lipinski definition) is 0. The summed E-state index contributed by atoms with van der Waals surface area (Å²) in [6.07, 6.45) is 1.06. The van der Waals surface area contributed by atoms with Gasteiger partial charge in [-0.25, -0.2) is 4.79 Å². The maximum absolute atomic E-state index is 12.6. The Hall–Kier alpha value is -3.21. The summed E-state index contributed by atoms with van der Waals surface area (Å²) in [5.41, 5.74) is 5.29. The number of hydrogen-bond acceptors (Lipinski definition) is 4. The number of aromatic nitrogens is 2. The van der Waals surface area contributed by atoms with Gasteiger partial charge < -0.3 is 4.74 Å². The summed E-state index contributed by atoms with van der Waals surface area (Å²) in [4.78, 5) is 24.9. The molecular weight excluding hydrogens is 364 g/mol. The Bertz CT molecular complexity index is 1000. The van der Waals surface area contributed by atoms with E-state index in [9.17, 15) is 9.59 Å². The Morgan fingerprint density at radius 1 is 1.00 bits per heavy atom. The van der Waals surface area contributed by atoms with E-state index in [1.165, 1.54) is 10.2 Å². The minimum Gasteiger partial charge on any atom is -0.461 e. The predicted molar refractivity (Wildman–Crippen MR) is 113 cm³/mol. The van der Waals surface area contributed by atoms with Gasteiger partial charge in [0.15, 0.2) is 5.78 Å². The van der Waals surface area contributed by atoms with Crippen molar-refractivity contribution >= 4 is 11.8 Å². The Labute approximate surface area is 171 Å². The summed E-state index contributed by atoms with van der Waals surface area (Å²) in [6, 6.07) is 17.7. The smallest absolute Gasteiger partial charge is 0.356 e. The van der Waals surface area contributed by atoms with Crippen LogP contribution >= 0.6 is 0 Å². The number of carbonyl (C=O) groups is 2. The first-order chi connectivity index (χ1) is 14.0. The molecule has 0 aliphatic rings. The molecule has 0 aliphatic carbocycles. The van der Waals surface area contributed by atoms with Crippen molar-refractivity contribution in [2.75, 3.05) is 6.61 Å². The fourth-order valence-corrected chi connectivity index (χ4v) is 3.17. The van der Waals surface area contributed by atoms with Crippen LogP contribution in [0, 0.1) is 13.8 Å². The molecule has 0 bridgehead atoms. The highest BCUT2D eigenvalue weighted by molar-refractivity contribution is 5.90. The summed E-state index contributed by atoms with van der Waals surface area (Å²) in [6.45, 7) is 6.12. The fourth-order valence-electron chi connectivity index (χ4n) is 3.17. The summed E-state index contributed by atoms with van der Waals surface area (Å²) in [5.74, 6) is -0.444. The standard InChI is InChI=1S/C24H26N2O3/c1-4-29-24(28)23-15-22(20-11-8-17(2)9-12-20)25-26(23)16-21(27)13-10-19-7-5-6-18(3)14-19/h5-9,11-12,14-15H,4,10,13,16H2,1-3H3. The molecule has 0 spiro atoms. The molecule has 0 fully saturated rings. The van der Waals surface area contributed by atoms with Crippen LogP contribution in [-0.2, 0) is 22.5 Å². The largest absolute Gasteiger partial charge is 0.461 e. The van der Waals surface area contributed by atoms with Gasteiger partial charge >= 0.3 is 5.97 Å². The van der Waals surface area contributed by atoms with Crippen LogP contribution in [0.5, 0.6) is 0 Å². The monoisotopic (exact) mass is 390 g/mol. The Balaban J connectivity index is 1.77. The van der Waals surface area contributed by atoms with Crippen molar-refractivity contribution in [1.82, 2.24) is 9.78 Å². The molecule has 0 unspecified atom stereocenters.